The van der Waals surface area contributed by atoms with Gasteiger partial charge >= 0.3 is 0 Å². The number of primary sulfonamides is 1. The van der Waals surface area contributed by atoms with Gasteiger partial charge in [0.25, 0.3) is 0 Å². The number of aromatic nitrogens is 1. The lowest BCUT2D eigenvalue weighted by Gasteiger charge is -2.16. The molecule has 2 aromatic rings. The van der Waals surface area contributed by atoms with Gasteiger partial charge in [-0.25, -0.2) is 18.5 Å². The van der Waals surface area contributed by atoms with Crippen LogP contribution in [0, 0.1) is 0 Å². The molecular formula is C15H19N3O2S. The van der Waals surface area contributed by atoms with E-state index in [1.54, 1.807) is 6.07 Å². The van der Waals surface area contributed by atoms with Crippen LogP contribution >= 0.6 is 0 Å². The molecule has 0 aliphatic carbocycles. The lowest BCUT2D eigenvalue weighted by molar-refractivity contribution is 0.597. The van der Waals surface area contributed by atoms with Crippen molar-refractivity contribution in [2.45, 2.75) is 24.2 Å². The fourth-order valence-electron chi connectivity index (χ4n) is 2.10. The highest BCUT2D eigenvalue weighted by Gasteiger charge is 2.10. The largest absolute Gasteiger partial charge is 0.369 e. The summed E-state index contributed by atoms with van der Waals surface area (Å²) in [6.07, 6.45) is 2.27. The van der Waals surface area contributed by atoms with Gasteiger partial charge in [-0.1, -0.05) is 37.3 Å². The molecule has 0 fully saturated rings. The Bertz CT molecular complexity index is 670. The van der Waals surface area contributed by atoms with Gasteiger partial charge in [-0.15, -0.1) is 0 Å². The van der Waals surface area contributed by atoms with E-state index in [0.717, 1.165) is 13.0 Å². The zero-order chi connectivity index (χ0) is 15.3. The van der Waals surface area contributed by atoms with E-state index in [2.05, 4.69) is 29.4 Å². The smallest absolute Gasteiger partial charge is 0.239 e. The highest BCUT2D eigenvalue weighted by molar-refractivity contribution is 7.89. The molecule has 6 heteroatoms. The highest BCUT2D eigenvalue weighted by atomic mass is 32.2. The maximum Gasteiger partial charge on any atom is 0.239 e. The Hall–Kier alpha value is -1.92. The quantitative estimate of drug-likeness (QED) is 0.857. The van der Waals surface area contributed by atoms with Gasteiger partial charge in [0.05, 0.1) is 0 Å². The summed E-state index contributed by atoms with van der Waals surface area (Å²) in [5.41, 5.74) is 1.27. The Kier molecular flexibility index (Phi) is 4.93. The number of hydrogen-bond donors (Lipinski definition) is 2. The summed E-state index contributed by atoms with van der Waals surface area (Å²) in [4.78, 5) is 4.09. The third kappa shape index (κ3) is 4.27. The molecule has 0 bridgehead atoms. The van der Waals surface area contributed by atoms with Crippen molar-refractivity contribution in [3.63, 3.8) is 0 Å². The number of benzene rings is 1. The van der Waals surface area contributed by atoms with Crippen molar-refractivity contribution >= 4 is 15.8 Å². The average molecular weight is 305 g/mol. The van der Waals surface area contributed by atoms with Gasteiger partial charge in [0.1, 0.15) is 10.7 Å². The maximum absolute atomic E-state index is 11.2. The first-order valence-corrected chi connectivity index (χ1v) is 8.33. The summed E-state index contributed by atoms with van der Waals surface area (Å²) >= 11 is 0. The molecule has 1 aromatic heterocycles. The van der Waals surface area contributed by atoms with Gasteiger partial charge in [-0.2, -0.15) is 0 Å². The van der Waals surface area contributed by atoms with Crippen LogP contribution in [0.25, 0.3) is 0 Å². The van der Waals surface area contributed by atoms with Gasteiger partial charge < -0.3 is 5.32 Å². The minimum Gasteiger partial charge on any atom is -0.369 e. The normalized spacial score (nSPS) is 12.9. The summed E-state index contributed by atoms with van der Waals surface area (Å²) in [6.45, 7) is 2.87. The molecule has 0 amide bonds. The number of anilines is 1. The first-order chi connectivity index (χ1) is 10.0. The minimum atomic E-state index is -3.69. The predicted molar refractivity (Wildman–Crippen MR) is 83.6 cm³/mol. The van der Waals surface area contributed by atoms with Gasteiger partial charge in [0.2, 0.25) is 10.0 Å². The fourth-order valence-corrected chi connectivity index (χ4v) is 2.56. The van der Waals surface area contributed by atoms with E-state index in [1.807, 2.05) is 18.2 Å². The number of nitrogens with one attached hydrogen (secondary N) is 1. The van der Waals surface area contributed by atoms with Crippen molar-refractivity contribution in [3.8, 4) is 0 Å². The number of sulfonamides is 1. The van der Waals surface area contributed by atoms with E-state index in [9.17, 15) is 8.42 Å². The molecule has 0 aliphatic heterocycles. The van der Waals surface area contributed by atoms with Crippen molar-refractivity contribution in [1.29, 1.82) is 0 Å². The molecule has 0 saturated carbocycles. The van der Waals surface area contributed by atoms with Gasteiger partial charge in [0, 0.05) is 18.7 Å². The van der Waals surface area contributed by atoms with Crippen LogP contribution in [0.3, 0.4) is 0 Å². The van der Waals surface area contributed by atoms with E-state index < -0.39 is 10.0 Å². The highest BCUT2D eigenvalue weighted by Crippen LogP contribution is 2.19. The zero-order valence-electron chi connectivity index (χ0n) is 11.9. The number of nitrogens with two attached hydrogens (primary N) is 1. The van der Waals surface area contributed by atoms with Crippen LogP contribution in [-0.4, -0.2) is 19.9 Å². The predicted octanol–water partition coefficient (Wildman–Crippen LogP) is 2.33. The zero-order valence-corrected chi connectivity index (χ0v) is 12.7. The van der Waals surface area contributed by atoms with Crippen LogP contribution in [0.4, 0.5) is 5.82 Å². The topological polar surface area (TPSA) is 85.1 Å². The average Bonchev–Trinajstić information content (AvgIpc) is 2.48. The van der Waals surface area contributed by atoms with Crippen LogP contribution in [0.5, 0.6) is 0 Å². The monoisotopic (exact) mass is 305 g/mol. The van der Waals surface area contributed by atoms with Crippen LogP contribution in [0.2, 0.25) is 0 Å². The Morgan fingerprint density at radius 2 is 1.90 bits per heavy atom. The Morgan fingerprint density at radius 1 is 1.19 bits per heavy atom. The number of rotatable bonds is 6. The molecule has 0 saturated heterocycles. The fraction of sp³-hybridized carbons (Fsp3) is 0.267. The molecule has 1 atom stereocenters. The Morgan fingerprint density at radius 3 is 2.43 bits per heavy atom. The number of nitrogens with zero attached hydrogens (tertiary/aromatic N) is 1. The summed E-state index contributed by atoms with van der Waals surface area (Å²) in [5.74, 6) is 1.02. The number of pyridine rings is 1. The van der Waals surface area contributed by atoms with Crippen LogP contribution in [0.15, 0.2) is 53.6 Å². The van der Waals surface area contributed by atoms with Crippen LogP contribution in [0.1, 0.15) is 24.8 Å². The molecule has 5 nitrogen and oxygen atoms in total. The lowest BCUT2D eigenvalue weighted by Crippen LogP contribution is -2.14. The second-order valence-electron chi connectivity index (χ2n) is 4.82. The van der Waals surface area contributed by atoms with Crippen molar-refractivity contribution < 1.29 is 8.42 Å². The van der Waals surface area contributed by atoms with E-state index in [1.165, 1.54) is 17.8 Å². The number of hydrogen-bond acceptors (Lipinski definition) is 4. The molecule has 0 radical (unpaired) electrons. The summed E-state index contributed by atoms with van der Waals surface area (Å²) in [7, 11) is -3.69. The summed E-state index contributed by atoms with van der Waals surface area (Å²) < 4.78 is 22.3. The molecular weight excluding hydrogens is 286 g/mol. The van der Waals surface area contributed by atoms with Crippen molar-refractivity contribution in [3.05, 3.63) is 54.2 Å². The van der Waals surface area contributed by atoms with E-state index in [0.29, 0.717) is 11.7 Å². The van der Waals surface area contributed by atoms with Crippen molar-refractivity contribution in [2.75, 3.05) is 11.9 Å². The van der Waals surface area contributed by atoms with Gasteiger partial charge in [0.15, 0.2) is 0 Å². The standard InChI is InChI=1S/C15H19N3O2S/c1-2-12(13-6-4-3-5-7-13)10-17-15-9-8-14(11-18-15)21(16,19)20/h3-9,11-12H,2,10H2,1H3,(H,17,18)(H2,16,19,20)/t12-/m1/s1. The maximum atomic E-state index is 11.2. The Labute approximate surface area is 125 Å². The van der Waals surface area contributed by atoms with E-state index in [4.69, 9.17) is 5.14 Å². The summed E-state index contributed by atoms with van der Waals surface area (Å²) in [6, 6.07) is 13.3. The first-order valence-electron chi connectivity index (χ1n) is 6.78. The molecule has 112 valence electrons. The van der Waals surface area contributed by atoms with Gasteiger partial charge in [-0.05, 0) is 24.1 Å². The lowest BCUT2D eigenvalue weighted by atomic mass is 9.96. The summed E-state index contributed by atoms with van der Waals surface area (Å²) in [5, 5.41) is 8.26. The van der Waals surface area contributed by atoms with Crippen LogP contribution < -0.4 is 10.5 Å². The molecule has 1 heterocycles. The Balaban J connectivity index is 2.02. The molecule has 0 unspecified atom stereocenters. The molecule has 1 aromatic carbocycles. The molecule has 0 spiro atoms. The van der Waals surface area contributed by atoms with Crippen molar-refractivity contribution in [1.82, 2.24) is 4.98 Å². The molecule has 3 N–H and O–H groups in total. The minimum absolute atomic E-state index is 0.0168. The molecule has 21 heavy (non-hydrogen) atoms. The second-order valence-corrected chi connectivity index (χ2v) is 6.38. The second kappa shape index (κ2) is 6.69. The van der Waals surface area contributed by atoms with Crippen molar-refractivity contribution in [2.24, 2.45) is 5.14 Å². The van der Waals surface area contributed by atoms with Gasteiger partial charge in [-0.3, -0.25) is 0 Å². The third-order valence-corrected chi connectivity index (χ3v) is 4.26. The molecule has 2 rings (SSSR count). The molecule has 0 aliphatic rings. The SMILES string of the molecule is CC[C@H](CNc1ccc(S(N)(=O)=O)cn1)c1ccccc1. The van der Waals surface area contributed by atoms with Crippen LogP contribution in [-0.2, 0) is 10.0 Å². The van der Waals surface area contributed by atoms with E-state index >= 15 is 0 Å². The van der Waals surface area contributed by atoms with E-state index in [-0.39, 0.29) is 4.90 Å². The first kappa shape index (κ1) is 15.5. The third-order valence-electron chi connectivity index (χ3n) is 3.36.